The van der Waals surface area contributed by atoms with Gasteiger partial charge in [0, 0.05) is 50.0 Å². The number of aromatic nitrogens is 1. The van der Waals surface area contributed by atoms with E-state index in [0.29, 0.717) is 5.89 Å². The number of hydrogen-bond acceptors (Lipinski definition) is 5. The van der Waals surface area contributed by atoms with Crippen molar-refractivity contribution in [2.75, 3.05) is 38.2 Å². The van der Waals surface area contributed by atoms with Crippen molar-refractivity contribution in [3.8, 4) is 17.2 Å². The third-order valence-electron chi connectivity index (χ3n) is 5.75. The van der Waals surface area contributed by atoms with Crippen molar-refractivity contribution in [2.24, 2.45) is 0 Å². The third kappa shape index (κ3) is 3.76. The number of benzene rings is 3. The molecule has 0 radical (unpaired) electrons. The van der Waals surface area contributed by atoms with Crippen LogP contribution in [0.4, 0.5) is 5.69 Å². The van der Waals surface area contributed by atoms with Crippen LogP contribution in [0.5, 0.6) is 5.75 Å². The minimum Gasteiger partial charge on any atom is -0.497 e. The van der Waals surface area contributed by atoms with Crippen molar-refractivity contribution in [1.82, 2.24) is 9.88 Å². The average molecular weight is 399 g/mol. The SMILES string of the molecule is COc1cccc(N2CCN(Cc3coc(-c4cccc5ccccc45)n3)CC2)c1. The van der Waals surface area contributed by atoms with E-state index in [9.17, 15) is 0 Å². The van der Waals surface area contributed by atoms with E-state index in [1.54, 1.807) is 13.4 Å². The second-order valence-electron chi connectivity index (χ2n) is 7.64. The molecule has 152 valence electrons. The molecule has 0 saturated carbocycles. The molecule has 5 rings (SSSR count). The second kappa shape index (κ2) is 8.20. The van der Waals surface area contributed by atoms with E-state index < -0.39 is 0 Å². The van der Waals surface area contributed by atoms with Gasteiger partial charge in [-0.25, -0.2) is 4.98 Å². The van der Waals surface area contributed by atoms with Crippen LogP contribution in [0.1, 0.15) is 5.69 Å². The maximum Gasteiger partial charge on any atom is 0.226 e. The highest BCUT2D eigenvalue weighted by Crippen LogP contribution is 2.28. The summed E-state index contributed by atoms with van der Waals surface area (Å²) in [7, 11) is 1.71. The van der Waals surface area contributed by atoms with Crippen molar-refractivity contribution in [2.45, 2.75) is 6.54 Å². The Kier molecular flexibility index (Phi) is 5.11. The number of methoxy groups -OCH3 is 1. The number of hydrogen-bond donors (Lipinski definition) is 0. The van der Waals surface area contributed by atoms with Crippen molar-refractivity contribution >= 4 is 16.5 Å². The van der Waals surface area contributed by atoms with E-state index in [1.807, 2.05) is 12.1 Å². The number of ether oxygens (including phenoxy) is 1. The van der Waals surface area contributed by atoms with Crippen LogP contribution in [0.2, 0.25) is 0 Å². The molecule has 0 bridgehead atoms. The fraction of sp³-hybridized carbons (Fsp3) is 0.240. The fourth-order valence-electron chi connectivity index (χ4n) is 4.12. The van der Waals surface area contributed by atoms with Crippen LogP contribution in [0.15, 0.2) is 77.4 Å². The van der Waals surface area contributed by atoms with Gasteiger partial charge in [-0.05, 0) is 29.0 Å². The number of oxazole rings is 1. The number of anilines is 1. The first-order valence-corrected chi connectivity index (χ1v) is 10.3. The molecule has 4 aromatic rings. The molecular weight excluding hydrogens is 374 g/mol. The zero-order valence-electron chi connectivity index (χ0n) is 17.1. The lowest BCUT2D eigenvalue weighted by atomic mass is 10.0. The minimum atomic E-state index is 0.691. The number of nitrogens with zero attached hydrogens (tertiary/aromatic N) is 3. The summed E-state index contributed by atoms with van der Waals surface area (Å²) in [4.78, 5) is 9.62. The van der Waals surface area contributed by atoms with Gasteiger partial charge >= 0.3 is 0 Å². The van der Waals surface area contributed by atoms with E-state index in [-0.39, 0.29) is 0 Å². The van der Waals surface area contributed by atoms with Crippen LogP contribution >= 0.6 is 0 Å². The molecule has 1 aliphatic heterocycles. The number of fused-ring (bicyclic) bond motifs is 1. The van der Waals surface area contributed by atoms with E-state index in [4.69, 9.17) is 14.1 Å². The van der Waals surface area contributed by atoms with Crippen molar-refractivity contribution in [3.63, 3.8) is 0 Å². The van der Waals surface area contributed by atoms with Crippen LogP contribution in [0, 0.1) is 0 Å². The van der Waals surface area contributed by atoms with Crippen LogP contribution in [-0.4, -0.2) is 43.2 Å². The topological polar surface area (TPSA) is 41.7 Å². The van der Waals surface area contributed by atoms with Crippen molar-refractivity contribution in [3.05, 3.63) is 78.7 Å². The highest BCUT2D eigenvalue weighted by atomic mass is 16.5. The summed E-state index contributed by atoms with van der Waals surface area (Å²) in [6.45, 7) is 4.77. The summed E-state index contributed by atoms with van der Waals surface area (Å²) in [5.41, 5.74) is 3.24. The molecular formula is C25H25N3O2. The Hall–Kier alpha value is -3.31. The summed E-state index contributed by atoms with van der Waals surface area (Å²) in [5.74, 6) is 1.59. The first kappa shape index (κ1) is 18.7. The highest BCUT2D eigenvalue weighted by Gasteiger charge is 2.19. The van der Waals surface area contributed by atoms with Gasteiger partial charge in [-0.2, -0.15) is 0 Å². The van der Waals surface area contributed by atoms with Crippen LogP contribution < -0.4 is 9.64 Å². The largest absolute Gasteiger partial charge is 0.497 e. The standard InChI is InChI=1S/C25H25N3O2/c1-29-22-9-5-8-21(16-22)28-14-12-27(13-15-28)17-20-18-30-25(26-20)24-11-4-7-19-6-2-3-10-23(19)24/h2-11,16,18H,12-15,17H2,1H3. The van der Waals surface area contributed by atoms with Gasteiger partial charge in [0.1, 0.15) is 12.0 Å². The van der Waals surface area contributed by atoms with Gasteiger partial charge in [0.15, 0.2) is 0 Å². The summed E-state index contributed by atoms with van der Waals surface area (Å²) >= 11 is 0. The Morgan fingerprint density at radius 1 is 0.933 bits per heavy atom. The van der Waals surface area contributed by atoms with Gasteiger partial charge in [-0.15, -0.1) is 0 Å². The molecule has 0 amide bonds. The molecule has 2 heterocycles. The molecule has 0 atom stereocenters. The summed E-state index contributed by atoms with van der Waals surface area (Å²) in [6, 6.07) is 22.9. The normalized spacial score (nSPS) is 14.9. The molecule has 5 heteroatoms. The predicted molar refractivity (Wildman–Crippen MR) is 120 cm³/mol. The van der Waals surface area contributed by atoms with Gasteiger partial charge in [-0.1, -0.05) is 42.5 Å². The average Bonchev–Trinajstić information content (AvgIpc) is 3.27. The Labute approximate surface area is 176 Å². The second-order valence-corrected chi connectivity index (χ2v) is 7.64. The Morgan fingerprint density at radius 2 is 1.73 bits per heavy atom. The fourth-order valence-corrected chi connectivity index (χ4v) is 4.12. The van der Waals surface area contributed by atoms with Gasteiger partial charge in [0.05, 0.1) is 12.8 Å². The Bertz CT molecular complexity index is 1140. The molecule has 1 fully saturated rings. The molecule has 5 nitrogen and oxygen atoms in total. The smallest absolute Gasteiger partial charge is 0.226 e. The molecule has 1 saturated heterocycles. The zero-order chi connectivity index (χ0) is 20.3. The molecule has 0 aliphatic carbocycles. The van der Waals surface area contributed by atoms with Gasteiger partial charge < -0.3 is 14.1 Å². The lowest BCUT2D eigenvalue weighted by Crippen LogP contribution is -2.46. The highest BCUT2D eigenvalue weighted by molar-refractivity contribution is 5.94. The maximum atomic E-state index is 5.85. The molecule has 0 unspecified atom stereocenters. The van der Waals surface area contributed by atoms with Gasteiger partial charge in [0.2, 0.25) is 5.89 Å². The number of piperazine rings is 1. The molecule has 1 aliphatic rings. The third-order valence-corrected chi connectivity index (χ3v) is 5.75. The van der Waals surface area contributed by atoms with E-state index in [0.717, 1.165) is 49.7 Å². The summed E-state index contributed by atoms with van der Waals surface area (Å²) in [5, 5.41) is 2.36. The van der Waals surface area contributed by atoms with E-state index in [1.165, 1.54) is 16.5 Å². The number of rotatable bonds is 5. The van der Waals surface area contributed by atoms with Gasteiger partial charge in [0.25, 0.3) is 0 Å². The predicted octanol–water partition coefficient (Wildman–Crippen LogP) is 4.83. The maximum absolute atomic E-state index is 5.85. The Morgan fingerprint density at radius 3 is 2.60 bits per heavy atom. The first-order chi connectivity index (χ1) is 14.8. The molecule has 1 aromatic heterocycles. The van der Waals surface area contributed by atoms with Crippen molar-refractivity contribution < 1.29 is 9.15 Å². The zero-order valence-corrected chi connectivity index (χ0v) is 17.1. The summed E-state index contributed by atoms with van der Waals surface area (Å²) < 4.78 is 11.2. The summed E-state index contributed by atoms with van der Waals surface area (Å²) in [6.07, 6.45) is 1.80. The monoisotopic (exact) mass is 399 g/mol. The van der Waals surface area contributed by atoms with Gasteiger partial charge in [-0.3, -0.25) is 4.90 Å². The van der Waals surface area contributed by atoms with Crippen molar-refractivity contribution in [1.29, 1.82) is 0 Å². The van der Waals surface area contributed by atoms with E-state index >= 15 is 0 Å². The minimum absolute atomic E-state index is 0.691. The first-order valence-electron chi connectivity index (χ1n) is 10.3. The molecule has 0 N–H and O–H groups in total. The lowest BCUT2D eigenvalue weighted by molar-refractivity contribution is 0.247. The Balaban J connectivity index is 1.25. The van der Waals surface area contributed by atoms with Crippen LogP contribution in [0.25, 0.3) is 22.2 Å². The molecule has 30 heavy (non-hydrogen) atoms. The lowest BCUT2D eigenvalue weighted by Gasteiger charge is -2.35. The van der Waals surface area contributed by atoms with Crippen LogP contribution in [-0.2, 0) is 6.54 Å². The van der Waals surface area contributed by atoms with E-state index in [2.05, 4.69) is 64.4 Å². The quantitative estimate of drug-likeness (QED) is 0.481. The molecule has 0 spiro atoms. The molecule has 3 aromatic carbocycles. The van der Waals surface area contributed by atoms with Crippen LogP contribution in [0.3, 0.4) is 0 Å².